The highest BCUT2D eigenvalue weighted by atomic mass is 79.9. The van der Waals surface area contributed by atoms with Crippen LogP contribution < -0.4 is 10.5 Å². The minimum absolute atomic E-state index is 0.106. The lowest BCUT2D eigenvalue weighted by molar-refractivity contribution is 0.598. The van der Waals surface area contributed by atoms with Crippen molar-refractivity contribution >= 4 is 31.6 Å². The molecule has 106 valence electrons. The maximum Gasteiger partial charge on any atom is 0.238 e. The Morgan fingerprint density at radius 1 is 1.20 bits per heavy atom. The number of halogens is 1. The molecule has 0 bridgehead atoms. The summed E-state index contributed by atoms with van der Waals surface area (Å²) in [6.07, 6.45) is 0. The number of rotatable bonds is 4. The van der Waals surface area contributed by atoms with Crippen molar-refractivity contribution in [2.45, 2.75) is 18.4 Å². The van der Waals surface area contributed by atoms with Gasteiger partial charge in [-0.15, -0.1) is 0 Å². The summed E-state index contributed by atoms with van der Waals surface area (Å²) in [4.78, 5) is 0.106. The molecule has 0 atom stereocenters. The Morgan fingerprint density at radius 3 is 2.60 bits per heavy atom. The molecule has 3 N–H and O–H groups in total. The first-order chi connectivity index (χ1) is 9.36. The minimum Gasteiger partial charge on any atom is -0.381 e. The van der Waals surface area contributed by atoms with Crippen molar-refractivity contribution < 1.29 is 8.42 Å². The molecule has 0 aliphatic heterocycles. The largest absolute Gasteiger partial charge is 0.381 e. The minimum atomic E-state index is -3.67. The Hall–Kier alpha value is -1.37. The molecule has 0 aromatic heterocycles. The third kappa shape index (κ3) is 3.82. The van der Waals surface area contributed by atoms with Crippen molar-refractivity contribution in [3.05, 3.63) is 58.1 Å². The number of nitrogens with one attached hydrogen (secondary N) is 1. The first kappa shape index (κ1) is 15.0. The molecule has 0 unspecified atom stereocenters. The van der Waals surface area contributed by atoms with Crippen molar-refractivity contribution in [2.75, 3.05) is 5.32 Å². The van der Waals surface area contributed by atoms with Crippen LogP contribution in [0.1, 0.15) is 11.1 Å². The quantitative estimate of drug-likeness (QED) is 0.886. The number of primary sulfonamides is 1. The van der Waals surface area contributed by atoms with E-state index in [1.54, 1.807) is 12.1 Å². The zero-order chi connectivity index (χ0) is 14.8. The SMILES string of the molecule is Cc1cc(CNc2cccc(S(N)(=O)=O)c2)ccc1Br. The molecule has 20 heavy (non-hydrogen) atoms. The number of benzene rings is 2. The Kier molecular flexibility index (Phi) is 4.47. The molecule has 2 aromatic rings. The average molecular weight is 355 g/mol. The van der Waals surface area contributed by atoms with Crippen LogP contribution in [-0.4, -0.2) is 8.42 Å². The van der Waals surface area contributed by atoms with Gasteiger partial charge in [0.2, 0.25) is 10.0 Å². The Labute approximate surface area is 127 Å². The van der Waals surface area contributed by atoms with Crippen LogP contribution in [0.25, 0.3) is 0 Å². The number of nitrogens with two attached hydrogens (primary N) is 1. The standard InChI is InChI=1S/C14H15BrN2O2S/c1-10-7-11(5-6-14(10)15)9-17-12-3-2-4-13(8-12)20(16,18)19/h2-8,17H,9H2,1H3,(H2,16,18,19). The predicted octanol–water partition coefficient (Wildman–Crippen LogP) is 3.02. The zero-order valence-corrected chi connectivity index (χ0v) is 13.3. The number of hydrogen-bond acceptors (Lipinski definition) is 3. The number of hydrogen-bond donors (Lipinski definition) is 2. The molecule has 0 fully saturated rings. The van der Waals surface area contributed by atoms with Gasteiger partial charge in [-0.1, -0.05) is 34.1 Å². The predicted molar refractivity (Wildman–Crippen MR) is 84.0 cm³/mol. The second-order valence-electron chi connectivity index (χ2n) is 4.51. The maximum absolute atomic E-state index is 11.3. The van der Waals surface area contributed by atoms with Gasteiger partial charge in [-0.3, -0.25) is 0 Å². The maximum atomic E-state index is 11.3. The molecule has 4 nitrogen and oxygen atoms in total. The van der Waals surface area contributed by atoms with Gasteiger partial charge in [0, 0.05) is 16.7 Å². The van der Waals surface area contributed by atoms with E-state index in [4.69, 9.17) is 5.14 Å². The van der Waals surface area contributed by atoms with Crippen LogP contribution in [0.15, 0.2) is 51.8 Å². The highest BCUT2D eigenvalue weighted by Gasteiger charge is 2.07. The van der Waals surface area contributed by atoms with E-state index in [-0.39, 0.29) is 4.90 Å². The van der Waals surface area contributed by atoms with Gasteiger partial charge >= 0.3 is 0 Å². The van der Waals surface area contributed by atoms with Crippen molar-refractivity contribution in [3.8, 4) is 0 Å². The first-order valence-electron chi connectivity index (χ1n) is 5.98. The van der Waals surface area contributed by atoms with Gasteiger partial charge in [0.15, 0.2) is 0 Å². The summed E-state index contributed by atoms with van der Waals surface area (Å²) in [6, 6.07) is 12.5. The van der Waals surface area contributed by atoms with Gasteiger partial charge in [-0.25, -0.2) is 13.6 Å². The molecule has 2 aromatic carbocycles. The van der Waals surface area contributed by atoms with Gasteiger partial charge in [0.25, 0.3) is 0 Å². The van der Waals surface area contributed by atoms with E-state index in [1.807, 2.05) is 19.1 Å². The van der Waals surface area contributed by atoms with Gasteiger partial charge in [0.05, 0.1) is 4.90 Å². The van der Waals surface area contributed by atoms with E-state index < -0.39 is 10.0 Å². The molecule has 0 saturated heterocycles. The highest BCUT2D eigenvalue weighted by molar-refractivity contribution is 9.10. The molecule has 0 aliphatic carbocycles. The van der Waals surface area contributed by atoms with E-state index in [0.29, 0.717) is 6.54 Å². The van der Waals surface area contributed by atoms with Crippen molar-refractivity contribution in [2.24, 2.45) is 5.14 Å². The Morgan fingerprint density at radius 2 is 1.95 bits per heavy atom. The second-order valence-corrected chi connectivity index (χ2v) is 6.93. The van der Waals surface area contributed by atoms with Crippen LogP contribution in [0.3, 0.4) is 0 Å². The monoisotopic (exact) mass is 354 g/mol. The van der Waals surface area contributed by atoms with E-state index in [0.717, 1.165) is 21.3 Å². The van der Waals surface area contributed by atoms with E-state index in [1.165, 1.54) is 12.1 Å². The highest BCUT2D eigenvalue weighted by Crippen LogP contribution is 2.19. The summed E-state index contributed by atoms with van der Waals surface area (Å²) in [7, 11) is -3.67. The fraction of sp³-hybridized carbons (Fsp3) is 0.143. The van der Waals surface area contributed by atoms with Gasteiger partial charge in [-0.2, -0.15) is 0 Å². The summed E-state index contributed by atoms with van der Waals surface area (Å²) in [5.41, 5.74) is 2.99. The van der Waals surface area contributed by atoms with Gasteiger partial charge < -0.3 is 5.32 Å². The van der Waals surface area contributed by atoms with Crippen LogP contribution >= 0.6 is 15.9 Å². The lowest BCUT2D eigenvalue weighted by Crippen LogP contribution is -2.12. The molecular formula is C14H15BrN2O2S. The summed E-state index contributed by atoms with van der Waals surface area (Å²) in [5.74, 6) is 0. The summed E-state index contributed by atoms with van der Waals surface area (Å²) in [6.45, 7) is 2.64. The average Bonchev–Trinajstić information content (AvgIpc) is 2.39. The normalized spacial score (nSPS) is 11.3. The molecule has 0 amide bonds. The second kappa shape index (κ2) is 5.95. The summed E-state index contributed by atoms with van der Waals surface area (Å²) in [5, 5.41) is 8.29. The van der Waals surface area contributed by atoms with Crippen molar-refractivity contribution in [1.82, 2.24) is 0 Å². The fourth-order valence-corrected chi connectivity index (χ4v) is 2.61. The van der Waals surface area contributed by atoms with Crippen LogP contribution in [0, 0.1) is 6.92 Å². The smallest absolute Gasteiger partial charge is 0.238 e. The van der Waals surface area contributed by atoms with Crippen molar-refractivity contribution in [1.29, 1.82) is 0 Å². The van der Waals surface area contributed by atoms with Crippen LogP contribution in [-0.2, 0) is 16.6 Å². The van der Waals surface area contributed by atoms with Gasteiger partial charge in [0.1, 0.15) is 0 Å². The van der Waals surface area contributed by atoms with Crippen LogP contribution in [0.2, 0.25) is 0 Å². The first-order valence-corrected chi connectivity index (χ1v) is 8.32. The topological polar surface area (TPSA) is 72.2 Å². The third-order valence-electron chi connectivity index (χ3n) is 2.88. The number of aryl methyl sites for hydroxylation is 1. The van der Waals surface area contributed by atoms with E-state index in [2.05, 4.69) is 27.3 Å². The molecule has 6 heteroatoms. The molecule has 0 spiro atoms. The Balaban J connectivity index is 2.13. The molecule has 0 radical (unpaired) electrons. The summed E-state index contributed by atoms with van der Waals surface area (Å²) < 4.78 is 23.6. The van der Waals surface area contributed by atoms with Crippen LogP contribution in [0.5, 0.6) is 0 Å². The fourth-order valence-electron chi connectivity index (χ4n) is 1.80. The van der Waals surface area contributed by atoms with E-state index in [9.17, 15) is 8.42 Å². The number of sulfonamides is 1. The number of anilines is 1. The Bertz CT molecular complexity index is 730. The lowest BCUT2D eigenvalue weighted by atomic mass is 10.1. The molecule has 2 rings (SSSR count). The summed E-state index contributed by atoms with van der Waals surface area (Å²) >= 11 is 3.46. The zero-order valence-electron chi connectivity index (χ0n) is 10.9. The van der Waals surface area contributed by atoms with Crippen molar-refractivity contribution in [3.63, 3.8) is 0 Å². The van der Waals surface area contributed by atoms with E-state index >= 15 is 0 Å². The molecule has 0 aliphatic rings. The van der Waals surface area contributed by atoms with Crippen LogP contribution in [0.4, 0.5) is 5.69 Å². The molecule has 0 saturated carbocycles. The molecular weight excluding hydrogens is 340 g/mol. The van der Waals surface area contributed by atoms with Gasteiger partial charge in [-0.05, 0) is 42.3 Å². The lowest BCUT2D eigenvalue weighted by Gasteiger charge is -2.09. The molecule has 0 heterocycles. The third-order valence-corrected chi connectivity index (χ3v) is 4.68.